The van der Waals surface area contributed by atoms with Crippen LogP contribution in [0.2, 0.25) is 0 Å². The highest BCUT2D eigenvalue weighted by molar-refractivity contribution is 6.39. The zero-order valence-corrected chi connectivity index (χ0v) is 14.8. The van der Waals surface area contributed by atoms with Gasteiger partial charge in [-0.15, -0.1) is 0 Å². The smallest absolute Gasteiger partial charge is 0.313 e. The van der Waals surface area contributed by atoms with Crippen molar-refractivity contribution in [1.29, 1.82) is 0 Å². The van der Waals surface area contributed by atoms with E-state index in [4.69, 9.17) is 4.74 Å². The van der Waals surface area contributed by atoms with Gasteiger partial charge in [-0.3, -0.25) is 14.4 Å². The van der Waals surface area contributed by atoms with Gasteiger partial charge in [-0.05, 0) is 17.7 Å². The molecule has 1 unspecified atom stereocenters. The summed E-state index contributed by atoms with van der Waals surface area (Å²) in [4.78, 5) is 37.8. The zero-order valence-electron chi connectivity index (χ0n) is 14.8. The van der Waals surface area contributed by atoms with Gasteiger partial charge >= 0.3 is 11.8 Å². The number of carbonyl (C=O) groups excluding carboxylic acids is 3. The van der Waals surface area contributed by atoms with Crippen molar-refractivity contribution in [3.05, 3.63) is 66.2 Å². The molecule has 140 valence electrons. The fraction of sp³-hybridized carbons (Fsp3) is 0.250. The third-order valence-electron chi connectivity index (χ3n) is 4.23. The average molecular weight is 367 g/mol. The molecule has 0 aliphatic carbocycles. The third kappa shape index (κ3) is 5.15. The zero-order chi connectivity index (χ0) is 19.1. The second-order valence-corrected chi connectivity index (χ2v) is 6.11. The van der Waals surface area contributed by atoms with E-state index >= 15 is 0 Å². The molecule has 0 spiro atoms. The molecule has 2 aromatic carbocycles. The van der Waals surface area contributed by atoms with E-state index in [0.717, 1.165) is 5.56 Å². The SMILES string of the molecule is O=C(NCC(=O)N1CCOC(c2ccccc2)C1)C(=O)Nc1ccccc1. The molecule has 1 aliphatic rings. The van der Waals surface area contributed by atoms with Crippen LogP contribution >= 0.6 is 0 Å². The van der Waals surface area contributed by atoms with Gasteiger partial charge in [0.15, 0.2) is 0 Å². The molecule has 1 atom stereocenters. The first-order valence-corrected chi connectivity index (χ1v) is 8.72. The second kappa shape index (κ2) is 8.95. The predicted octanol–water partition coefficient (Wildman–Crippen LogP) is 1.34. The number of rotatable bonds is 4. The molecule has 2 N–H and O–H groups in total. The summed E-state index contributed by atoms with van der Waals surface area (Å²) < 4.78 is 5.73. The van der Waals surface area contributed by atoms with E-state index in [0.29, 0.717) is 25.4 Å². The second-order valence-electron chi connectivity index (χ2n) is 6.11. The summed E-state index contributed by atoms with van der Waals surface area (Å²) in [5.41, 5.74) is 1.52. The van der Waals surface area contributed by atoms with Crippen LogP contribution in [0.15, 0.2) is 60.7 Å². The van der Waals surface area contributed by atoms with E-state index in [2.05, 4.69) is 10.6 Å². The lowest BCUT2D eigenvalue weighted by molar-refractivity contribution is -0.141. The number of para-hydroxylation sites is 1. The minimum absolute atomic E-state index is 0.194. The lowest BCUT2D eigenvalue weighted by Gasteiger charge is -2.33. The maximum absolute atomic E-state index is 12.4. The molecule has 1 fully saturated rings. The molecule has 0 bridgehead atoms. The van der Waals surface area contributed by atoms with Gasteiger partial charge in [-0.1, -0.05) is 48.5 Å². The molecule has 0 aromatic heterocycles. The lowest BCUT2D eigenvalue weighted by atomic mass is 10.1. The number of benzene rings is 2. The van der Waals surface area contributed by atoms with Crippen LogP contribution in [0.3, 0.4) is 0 Å². The number of hydrogen-bond donors (Lipinski definition) is 2. The highest BCUT2D eigenvalue weighted by Gasteiger charge is 2.26. The molecule has 1 heterocycles. The molecule has 0 saturated carbocycles. The summed E-state index contributed by atoms with van der Waals surface area (Å²) in [5.74, 6) is -1.90. The van der Waals surface area contributed by atoms with Crippen LogP contribution in [0.5, 0.6) is 0 Å². The van der Waals surface area contributed by atoms with Crippen LogP contribution in [0, 0.1) is 0 Å². The van der Waals surface area contributed by atoms with Gasteiger partial charge in [-0.25, -0.2) is 0 Å². The first-order valence-electron chi connectivity index (χ1n) is 8.72. The van der Waals surface area contributed by atoms with Gasteiger partial charge in [-0.2, -0.15) is 0 Å². The first-order chi connectivity index (χ1) is 13.1. The fourth-order valence-electron chi connectivity index (χ4n) is 2.80. The van der Waals surface area contributed by atoms with Crippen molar-refractivity contribution in [3.63, 3.8) is 0 Å². The largest absolute Gasteiger partial charge is 0.370 e. The van der Waals surface area contributed by atoms with Crippen molar-refractivity contribution in [2.45, 2.75) is 6.10 Å². The highest BCUT2D eigenvalue weighted by atomic mass is 16.5. The summed E-state index contributed by atoms with van der Waals surface area (Å²) in [7, 11) is 0. The van der Waals surface area contributed by atoms with E-state index < -0.39 is 11.8 Å². The van der Waals surface area contributed by atoms with Crippen LogP contribution in [0.4, 0.5) is 5.69 Å². The van der Waals surface area contributed by atoms with Crippen molar-refractivity contribution in [2.24, 2.45) is 0 Å². The minimum Gasteiger partial charge on any atom is -0.370 e. The molecule has 7 heteroatoms. The third-order valence-corrected chi connectivity index (χ3v) is 4.23. The number of hydrogen-bond acceptors (Lipinski definition) is 4. The molecular formula is C20H21N3O4. The van der Waals surface area contributed by atoms with E-state index in [9.17, 15) is 14.4 Å². The van der Waals surface area contributed by atoms with Crippen LogP contribution < -0.4 is 10.6 Å². The van der Waals surface area contributed by atoms with Crippen molar-refractivity contribution in [3.8, 4) is 0 Å². The Kier molecular flexibility index (Phi) is 6.17. The van der Waals surface area contributed by atoms with E-state index in [1.165, 1.54) is 0 Å². The number of nitrogens with one attached hydrogen (secondary N) is 2. The summed E-state index contributed by atoms with van der Waals surface area (Å²) >= 11 is 0. The van der Waals surface area contributed by atoms with Crippen molar-refractivity contribution in [2.75, 3.05) is 31.6 Å². The van der Waals surface area contributed by atoms with Gasteiger partial charge < -0.3 is 20.3 Å². The van der Waals surface area contributed by atoms with Crippen molar-refractivity contribution in [1.82, 2.24) is 10.2 Å². The van der Waals surface area contributed by atoms with E-state index in [-0.39, 0.29) is 18.6 Å². The quantitative estimate of drug-likeness (QED) is 0.799. The van der Waals surface area contributed by atoms with E-state index in [1.807, 2.05) is 30.3 Å². The van der Waals surface area contributed by atoms with Gasteiger partial charge in [0.25, 0.3) is 0 Å². The van der Waals surface area contributed by atoms with Gasteiger partial charge in [0.2, 0.25) is 5.91 Å². The molecule has 27 heavy (non-hydrogen) atoms. The molecule has 7 nitrogen and oxygen atoms in total. The predicted molar refractivity (Wildman–Crippen MR) is 99.8 cm³/mol. The fourth-order valence-corrected chi connectivity index (χ4v) is 2.80. The Morgan fingerprint density at radius 2 is 1.63 bits per heavy atom. The molecule has 1 aliphatic heterocycles. The Bertz CT molecular complexity index is 795. The maximum atomic E-state index is 12.4. The number of amides is 3. The van der Waals surface area contributed by atoms with Crippen LogP contribution in [0.25, 0.3) is 0 Å². The number of morpholine rings is 1. The molecular weight excluding hydrogens is 346 g/mol. The topological polar surface area (TPSA) is 87.7 Å². The number of nitrogens with zero attached hydrogens (tertiary/aromatic N) is 1. The average Bonchev–Trinajstić information content (AvgIpc) is 2.73. The van der Waals surface area contributed by atoms with Crippen molar-refractivity contribution < 1.29 is 19.1 Å². The number of carbonyl (C=O) groups is 3. The standard InChI is InChI=1S/C20H21N3O4/c24-18(13-21-19(25)20(26)22-16-9-5-2-6-10-16)23-11-12-27-17(14-23)15-7-3-1-4-8-15/h1-10,17H,11-14H2,(H,21,25)(H,22,26). The Morgan fingerprint density at radius 3 is 2.33 bits per heavy atom. The normalized spacial score (nSPS) is 16.4. The number of ether oxygens (including phenoxy) is 1. The summed E-state index contributed by atoms with van der Waals surface area (Å²) in [6, 6.07) is 18.3. The van der Waals surface area contributed by atoms with Crippen LogP contribution in [-0.2, 0) is 19.1 Å². The Morgan fingerprint density at radius 1 is 0.963 bits per heavy atom. The Hall–Kier alpha value is -3.19. The molecule has 1 saturated heterocycles. The number of anilines is 1. The molecule has 0 radical (unpaired) electrons. The molecule has 3 rings (SSSR count). The lowest BCUT2D eigenvalue weighted by Crippen LogP contribution is -2.48. The molecule has 2 aromatic rings. The Balaban J connectivity index is 1.48. The monoisotopic (exact) mass is 367 g/mol. The van der Waals surface area contributed by atoms with Crippen molar-refractivity contribution >= 4 is 23.4 Å². The highest BCUT2D eigenvalue weighted by Crippen LogP contribution is 2.21. The summed E-state index contributed by atoms with van der Waals surface area (Å²) in [6.07, 6.45) is -0.194. The van der Waals surface area contributed by atoms with Crippen LogP contribution in [0.1, 0.15) is 11.7 Å². The van der Waals surface area contributed by atoms with E-state index in [1.54, 1.807) is 35.2 Å². The summed E-state index contributed by atoms with van der Waals surface area (Å²) in [5, 5.41) is 4.85. The summed E-state index contributed by atoms with van der Waals surface area (Å²) in [6.45, 7) is 1.06. The molecule has 3 amide bonds. The van der Waals surface area contributed by atoms with Crippen LogP contribution in [-0.4, -0.2) is 48.9 Å². The minimum atomic E-state index is -0.847. The van der Waals surface area contributed by atoms with Gasteiger partial charge in [0.05, 0.1) is 19.7 Å². The van der Waals surface area contributed by atoms with Gasteiger partial charge in [0.1, 0.15) is 6.10 Å². The first kappa shape index (κ1) is 18.6. The Labute approximate surface area is 157 Å². The van der Waals surface area contributed by atoms with Gasteiger partial charge in [0, 0.05) is 12.2 Å². The maximum Gasteiger partial charge on any atom is 0.313 e.